The van der Waals surface area contributed by atoms with Gasteiger partial charge in [-0.05, 0) is 37.5 Å². The highest BCUT2D eigenvalue weighted by atomic mass is 16.5. The molecule has 0 atom stereocenters. The maximum atomic E-state index is 5.93. The van der Waals surface area contributed by atoms with E-state index in [1.807, 2.05) is 6.92 Å². The van der Waals surface area contributed by atoms with Crippen molar-refractivity contribution in [2.45, 2.75) is 25.9 Å². The molecule has 2 rings (SSSR count). The summed E-state index contributed by atoms with van der Waals surface area (Å²) in [5, 5.41) is 0. The zero-order chi connectivity index (χ0) is 11.5. The molecule has 0 saturated carbocycles. The number of rotatable bonds is 2. The fraction of sp³-hybridized carbons (Fsp3) is 0.538. The van der Waals surface area contributed by atoms with Crippen LogP contribution in [-0.2, 0) is 4.74 Å². The monoisotopic (exact) mass is 220 g/mol. The second kappa shape index (κ2) is 4.74. The summed E-state index contributed by atoms with van der Waals surface area (Å²) in [4.78, 5) is 2.38. The van der Waals surface area contributed by atoms with Crippen molar-refractivity contribution in [1.29, 1.82) is 0 Å². The van der Waals surface area contributed by atoms with Gasteiger partial charge in [0.1, 0.15) is 0 Å². The highest BCUT2D eigenvalue weighted by Crippen LogP contribution is 2.24. The molecule has 0 amide bonds. The fourth-order valence-electron chi connectivity index (χ4n) is 2.17. The molecule has 1 fully saturated rings. The average Bonchev–Trinajstić information content (AvgIpc) is 2.33. The van der Waals surface area contributed by atoms with Crippen LogP contribution in [0.25, 0.3) is 0 Å². The van der Waals surface area contributed by atoms with Gasteiger partial charge in [-0.3, -0.25) is 0 Å². The second-order valence-corrected chi connectivity index (χ2v) is 4.46. The van der Waals surface area contributed by atoms with Crippen molar-refractivity contribution in [3.8, 4) is 0 Å². The largest absolute Gasteiger partial charge is 0.398 e. The van der Waals surface area contributed by atoms with E-state index in [1.54, 1.807) is 7.11 Å². The first-order chi connectivity index (χ1) is 7.70. The summed E-state index contributed by atoms with van der Waals surface area (Å²) in [6, 6.07) is 6.31. The van der Waals surface area contributed by atoms with Crippen LogP contribution in [-0.4, -0.2) is 26.3 Å². The average molecular weight is 220 g/mol. The summed E-state index contributed by atoms with van der Waals surface area (Å²) in [7, 11) is 1.80. The minimum Gasteiger partial charge on any atom is -0.398 e. The predicted octanol–water partition coefficient (Wildman–Crippen LogP) is 2.19. The minimum absolute atomic E-state index is 0.430. The number of methoxy groups -OCH3 is 1. The lowest BCUT2D eigenvalue weighted by Crippen LogP contribution is -2.36. The fourth-order valence-corrected chi connectivity index (χ4v) is 2.17. The number of nitrogens with zero attached hydrogens (tertiary/aromatic N) is 1. The third kappa shape index (κ3) is 2.30. The number of piperidine rings is 1. The Morgan fingerprint density at radius 1 is 1.31 bits per heavy atom. The second-order valence-electron chi connectivity index (χ2n) is 4.46. The Morgan fingerprint density at radius 2 is 2.00 bits per heavy atom. The number of hydrogen-bond donors (Lipinski definition) is 1. The van der Waals surface area contributed by atoms with Crippen LogP contribution < -0.4 is 10.6 Å². The molecule has 88 valence electrons. The molecule has 16 heavy (non-hydrogen) atoms. The van der Waals surface area contributed by atoms with E-state index in [4.69, 9.17) is 10.5 Å². The normalized spacial score (nSPS) is 17.8. The highest BCUT2D eigenvalue weighted by Gasteiger charge is 2.18. The van der Waals surface area contributed by atoms with Crippen LogP contribution in [0.2, 0.25) is 0 Å². The molecule has 1 aliphatic rings. The maximum absolute atomic E-state index is 5.93. The van der Waals surface area contributed by atoms with Gasteiger partial charge in [-0.2, -0.15) is 0 Å². The third-order valence-electron chi connectivity index (χ3n) is 3.40. The Balaban J connectivity index is 2.05. The summed E-state index contributed by atoms with van der Waals surface area (Å²) in [6.45, 7) is 4.15. The van der Waals surface area contributed by atoms with Gasteiger partial charge in [-0.1, -0.05) is 6.07 Å². The van der Waals surface area contributed by atoms with E-state index in [9.17, 15) is 0 Å². The number of anilines is 2. The Hall–Kier alpha value is -1.22. The maximum Gasteiger partial charge on any atom is 0.0605 e. The van der Waals surface area contributed by atoms with Gasteiger partial charge in [0.05, 0.1) is 6.10 Å². The number of nitrogen functional groups attached to an aromatic ring is 1. The Morgan fingerprint density at radius 3 is 2.56 bits per heavy atom. The number of nitrogens with two attached hydrogens (primary N) is 1. The van der Waals surface area contributed by atoms with Crippen molar-refractivity contribution in [2.24, 2.45) is 0 Å². The van der Waals surface area contributed by atoms with Crippen molar-refractivity contribution < 1.29 is 4.74 Å². The zero-order valence-electron chi connectivity index (χ0n) is 10.1. The number of aryl methyl sites for hydroxylation is 1. The van der Waals surface area contributed by atoms with Crippen LogP contribution in [0.1, 0.15) is 18.4 Å². The molecule has 2 N–H and O–H groups in total. The van der Waals surface area contributed by atoms with E-state index in [-0.39, 0.29) is 0 Å². The van der Waals surface area contributed by atoms with E-state index in [2.05, 4.69) is 23.1 Å². The smallest absolute Gasteiger partial charge is 0.0605 e. The van der Waals surface area contributed by atoms with Gasteiger partial charge in [-0.25, -0.2) is 0 Å². The molecule has 1 aromatic carbocycles. The van der Waals surface area contributed by atoms with Crippen molar-refractivity contribution in [2.75, 3.05) is 30.8 Å². The van der Waals surface area contributed by atoms with Crippen LogP contribution in [0.15, 0.2) is 18.2 Å². The summed E-state index contributed by atoms with van der Waals surface area (Å²) < 4.78 is 5.37. The lowest BCUT2D eigenvalue weighted by Gasteiger charge is -2.33. The zero-order valence-corrected chi connectivity index (χ0v) is 10.1. The SMILES string of the molecule is COC1CCN(c2ccc(C)c(N)c2)CC1. The van der Waals surface area contributed by atoms with E-state index in [1.165, 1.54) is 5.69 Å². The van der Waals surface area contributed by atoms with Crippen LogP contribution >= 0.6 is 0 Å². The number of benzene rings is 1. The van der Waals surface area contributed by atoms with Crippen LogP contribution in [0, 0.1) is 6.92 Å². The van der Waals surface area contributed by atoms with Gasteiger partial charge < -0.3 is 15.4 Å². The molecule has 1 saturated heterocycles. The van der Waals surface area contributed by atoms with Gasteiger partial charge >= 0.3 is 0 Å². The van der Waals surface area contributed by atoms with Gasteiger partial charge in [0, 0.05) is 31.6 Å². The molecule has 0 spiro atoms. The minimum atomic E-state index is 0.430. The molecule has 0 radical (unpaired) electrons. The molecule has 1 aromatic rings. The Kier molecular flexibility index (Phi) is 3.34. The molecular formula is C13H20N2O. The van der Waals surface area contributed by atoms with Crippen LogP contribution in [0.5, 0.6) is 0 Å². The molecule has 0 unspecified atom stereocenters. The van der Waals surface area contributed by atoms with E-state index in [0.29, 0.717) is 6.10 Å². The Bertz CT molecular complexity index is 357. The molecule has 3 nitrogen and oxygen atoms in total. The van der Waals surface area contributed by atoms with Crippen LogP contribution in [0.3, 0.4) is 0 Å². The molecule has 0 aromatic heterocycles. The topological polar surface area (TPSA) is 38.5 Å². The predicted molar refractivity (Wildman–Crippen MR) is 67.8 cm³/mol. The first kappa shape index (κ1) is 11.3. The summed E-state index contributed by atoms with van der Waals surface area (Å²) in [6.07, 6.45) is 2.63. The quantitative estimate of drug-likeness (QED) is 0.776. The molecule has 1 heterocycles. The molecule has 0 aliphatic carbocycles. The number of ether oxygens (including phenoxy) is 1. The van der Waals surface area contributed by atoms with Gasteiger partial charge in [0.25, 0.3) is 0 Å². The standard InChI is InChI=1S/C13H20N2O/c1-10-3-4-11(9-13(10)14)15-7-5-12(16-2)6-8-15/h3-4,9,12H,5-8,14H2,1-2H3. The van der Waals surface area contributed by atoms with E-state index >= 15 is 0 Å². The van der Waals surface area contributed by atoms with Crippen molar-refractivity contribution in [3.05, 3.63) is 23.8 Å². The molecule has 1 aliphatic heterocycles. The van der Waals surface area contributed by atoms with Gasteiger partial charge in [0.15, 0.2) is 0 Å². The Labute approximate surface area is 97.2 Å². The van der Waals surface area contributed by atoms with E-state index in [0.717, 1.165) is 37.2 Å². The molecular weight excluding hydrogens is 200 g/mol. The van der Waals surface area contributed by atoms with Gasteiger partial charge in [0.2, 0.25) is 0 Å². The summed E-state index contributed by atoms with van der Waals surface area (Å²) >= 11 is 0. The summed E-state index contributed by atoms with van der Waals surface area (Å²) in [5.74, 6) is 0. The lowest BCUT2D eigenvalue weighted by atomic mass is 10.1. The molecule has 3 heteroatoms. The first-order valence-electron chi connectivity index (χ1n) is 5.84. The van der Waals surface area contributed by atoms with Crippen molar-refractivity contribution in [1.82, 2.24) is 0 Å². The van der Waals surface area contributed by atoms with Gasteiger partial charge in [-0.15, -0.1) is 0 Å². The number of hydrogen-bond acceptors (Lipinski definition) is 3. The van der Waals surface area contributed by atoms with E-state index < -0.39 is 0 Å². The lowest BCUT2D eigenvalue weighted by molar-refractivity contribution is 0.0819. The first-order valence-corrected chi connectivity index (χ1v) is 5.84. The molecule has 0 bridgehead atoms. The van der Waals surface area contributed by atoms with Crippen molar-refractivity contribution >= 4 is 11.4 Å². The third-order valence-corrected chi connectivity index (χ3v) is 3.40. The summed E-state index contributed by atoms with van der Waals surface area (Å²) in [5.41, 5.74) is 9.19. The highest BCUT2D eigenvalue weighted by molar-refractivity contribution is 5.59. The van der Waals surface area contributed by atoms with Crippen molar-refractivity contribution in [3.63, 3.8) is 0 Å². The van der Waals surface area contributed by atoms with Crippen LogP contribution in [0.4, 0.5) is 11.4 Å².